The Balaban J connectivity index is 1.69. The molecule has 1 aromatic carbocycles. The Bertz CT molecular complexity index is 1070. The zero-order chi connectivity index (χ0) is 18.3. The average molecular weight is 380 g/mol. The van der Waals surface area contributed by atoms with E-state index in [0.29, 0.717) is 21.4 Å². The molecule has 0 atom stereocenters. The molecule has 26 heavy (non-hydrogen) atoms. The van der Waals surface area contributed by atoms with Gasteiger partial charge in [0.2, 0.25) is 4.96 Å². The summed E-state index contributed by atoms with van der Waals surface area (Å²) in [4.78, 5) is 0.546. The van der Waals surface area contributed by atoms with Crippen molar-refractivity contribution < 1.29 is 17.9 Å². The lowest BCUT2D eigenvalue weighted by Gasteiger charge is -2.12. The number of nitrogens with one attached hydrogen (secondary N) is 1. The molecule has 3 heterocycles. The van der Waals surface area contributed by atoms with Crippen LogP contribution in [0.25, 0.3) is 15.5 Å². The first-order valence-corrected chi connectivity index (χ1v) is 8.27. The third kappa shape index (κ3) is 3.12. The van der Waals surface area contributed by atoms with E-state index in [2.05, 4.69) is 30.2 Å². The molecule has 1 N–H and O–H groups in total. The predicted molar refractivity (Wildman–Crippen MR) is 86.9 cm³/mol. The number of benzene rings is 1. The lowest BCUT2D eigenvalue weighted by atomic mass is 10.1. The summed E-state index contributed by atoms with van der Waals surface area (Å²) in [5.41, 5.74) is 2.04. The molecule has 0 aliphatic rings. The number of aromatic nitrogens is 6. The van der Waals surface area contributed by atoms with Gasteiger partial charge < -0.3 is 4.74 Å². The van der Waals surface area contributed by atoms with E-state index >= 15 is 0 Å². The molecule has 0 aliphatic carbocycles. The van der Waals surface area contributed by atoms with E-state index in [-0.39, 0.29) is 12.2 Å². The number of fused-ring (bicyclic) bond motifs is 1. The van der Waals surface area contributed by atoms with Crippen molar-refractivity contribution in [3.05, 3.63) is 47.5 Å². The highest BCUT2D eigenvalue weighted by Crippen LogP contribution is 2.30. The van der Waals surface area contributed by atoms with E-state index in [1.54, 1.807) is 18.3 Å². The first-order chi connectivity index (χ1) is 12.4. The van der Waals surface area contributed by atoms with Crippen LogP contribution in [-0.2, 0) is 6.42 Å². The second-order valence-electron chi connectivity index (χ2n) is 5.46. The lowest BCUT2D eigenvalue weighted by molar-refractivity contribution is -0.274. The summed E-state index contributed by atoms with van der Waals surface area (Å²) in [5.74, 6) is 0.153. The number of nitrogens with zero attached hydrogens (tertiary/aromatic N) is 5. The van der Waals surface area contributed by atoms with Gasteiger partial charge in [-0.05, 0) is 13.0 Å². The minimum absolute atomic E-state index is 0.0982. The van der Waals surface area contributed by atoms with Crippen molar-refractivity contribution in [3.63, 3.8) is 0 Å². The number of H-pyrrole nitrogens is 1. The fourth-order valence-electron chi connectivity index (χ4n) is 2.49. The Morgan fingerprint density at radius 3 is 2.77 bits per heavy atom. The molecule has 0 radical (unpaired) electrons. The molecule has 0 saturated carbocycles. The summed E-state index contributed by atoms with van der Waals surface area (Å²) in [6.07, 6.45) is -3.00. The van der Waals surface area contributed by atoms with Gasteiger partial charge in [-0.15, -0.1) is 23.4 Å². The molecule has 0 saturated heterocycles. The fraction of sp³-hybridized carbons (Fsp3) is 0.200. The molecule has 0 fully saturated rings. The molecule has 3 aromatic heterocycles. The van der Waals surface area contributed by atoms with Crippen molar-refractivity contribution in [2.45, 2.75) is 19.7 Å². The van der Waals surface area contributed by atoms with E-state index < -0.39 is 6.36 Å². The molecule has 0 spiro atoms. The molecule has 0 amide bonds. The maximum atomic E-state index is 12.6. The Kier molecular flexibility index (Phi) is 3.87. The first kappa shape index (κ1) is 16.5. The van der Waals surface area contributed by atoms with Crippen LogP contribution in [0.1, 0.15) is 17.1 Å². The SMILES string of the molecule is Cc1[nH]ncc1-c1nn2c(Cc3ccccc3OC(F)(F)F)nnc2s1. The van der Waals surface area contributed by atoms with Crippen LogP contribution in [0.5, 0.6) is 5.75 Å². The third-order valence-corrected chi connectivity index (χ3v) is 4.59. The molecular weight excluding hydrogens is 369 g/mol. The Morgan fingerprint density at radius 1 is 1.23 bits per heavy atom. The number of alkyl halides is 3. The van der Waals surface area contributed by atoms with Crippen molar-refractivity contribution in [2.24, 2.45) is 0 Å². The monoisotopic (exact) mass is 380 g/mol. The second kappa shape index (κ2) is 6.09. The van der Waals surface area contributed by atoms with Crippen LogP contribution in [0.3, 0.4) is 0 Å². The highest BCUT2D eigenvalue weighted by molar-refractivity contribution is 7.19. The highest BCUT2D eigenvalue weighted by Gasteiger charge is 2.32. The van der Waals surface area contributed by atoms with Crippen LogP contribution in [0, 0.1) is 6.92 Å². The number of para-hydroxylation sites is 1. The summed E-state index contributed by atoms with van der Waals surface area (Å²) < 4.78 is 43.3. The highest BCUT2D eigenvalue weighted by atomic mass is 32.1. The molecule has 0 aliphatic heterocycles. The van der Waals surface area contributed by atoms with Crippen molar-refractivity contribution >= 4 is 16.3 Å². The summed E-state index contributed by atoms with van der Waals surface area (Å²) in [6.45, 7) is 1.87. The van der Waals surface area contributed by atoms with Gasteiger partial charge in [0.05, 0.1) is 11.8 Å². The van der Waals surface area contributed by atoms with Crippen LogP contribution in [-0.4, -0.2) is 36.4 Å². The van der Waals surface area contributed by atoms with E-state index in [1.165, 1.54) is 28.0 Å². The normalized spacial score (nSPS) is 12.0. The predicted octanol–water partition coefficient (Wildman–Crippen LogP) is 3.37. The fourth-order valence-corrected chi connectivity index (χ4v) is 3.41. The van der Waals surface area contributed by atoms with Crippen molar-refractivity contribution in [1.29, 1.82) is 0 Å². The molecule has 134 valence electrons. The smallest absolute Gasteiger partial charge is 0.405 e. The van der Waals surface area contributed by atoms with Gasteiger partial charge >= 0.3 is 6.36 Å². The van der Waals surface area contributed by atoms with E-state index in [9.17, 15) is 13.2 Å². The van der Waals surface area contributed by atoms with Crippen LogP contribution in [0.4, 0.5) is 13.2 Å². The molecule has 0 bridgehead atoms. The van der Waals surface area contributed by atoms with Crippen molar-refractivity contribution in [3.8, 4) is 16.3 Å². The zero-order valence-corrected chi connectivity index (χ0v) is 14.1. The Labute approximate surface area is 148 Å². The van der Waals surface area contributed by atoms with E-state index in [1.807, 2.05) is 6.92 Å². The lowest BCUT2D eigenvalue weighted by Crippen LogP contribution is -2.18. The quantitative estimate of drug-likeness (QED) is 0.587. The maximum Gasteiger partial charge on any atom is 0.573 e. The summed E-state index contributed by atoms with van der Waals surface area (Å²) in [6, 6.07) is 5.93. The van der Waals surface area contributed by atoms with Gasteiger partial charge in [0.1, 0.15) is 5.75 Å². The molecule has 4 aromatic rings. The van der Waals surface area contributed by atoms with Gasteiger partial charge in [0.25, 0.3) is 0 Å². The van der Waals surface area contributed by atoms with E-state index in [0.717, 1.165) is 11.3 Å². The van der Waals surface area contributed by atoms with Gasteiger partial charge in [-0.25, -0.2) is 0 Å². The zero-order valence-electron chi connectivity index (χ0n) is 13.3. The molecule has 11 heteroatoms. The number of rotatable bonds is 4. The number of ether oxygens (including phenoxy) is 1. The van der Waals surface area contributed by atoms with Gasteiger partial charge in [-0.1, -0.05) is 29.5 Å². The van der Waals surface area contributed by atoms with Gasteiger partial charge in [0.15, 0.2) is 10.8 Å². The topological polar surface area (TPSA) is 81.0 Å². The molecule has 0 unspecified atom stereocenters. The second-order valence-corrected chi connectivity index (χ2v) is 6.41. The van der Waals surface area contributed by atoms with Gasteiger partial charge in [-0.2, -0.15) is 14.7 Å². The minimum Gasteiger partial charge on any atom is -0.405 e. The Morgan fingerprint density at radius 2 is 2.04 bits per heavy atom. The van der Waals surface area contributed by atoms with Crippen LogP contribution in [0.15, 0.2) is 30.5 Å². The third-order valence-electron chi connectivity index (χ3n) is 3.66. The van der Waals surface area contributed by atoms with Crippen LogP contribution in [0.2, 0.25) is 0 Å². The summed E-state index contributed by atoms with van der Waals surface area (Å²) >= 11 is 1.32. The summed E-state index contributed by atoms with van der Waals surface area (Å²) in [5, 5.41) is 20.0. The maximum absolute atomic E-state index is 12.6. The minimum atomic E-state index is -4.76. The van der Waals surface area contributed by atoms with Crippen molar-refractivity contribution in [2.75, 3.05) is 0 Å². The number of aryl methyl sites for hydroxylation is 1. The van der Waals surface area contributed by atoms with Crippen LogP contribution < -0.4 is 4.74 Å². The average Bonchev–Trinajstić information content (AvgIpc) is 3.24. The molecule has 4 rings (SSSR count). The molecular formula is C15H11F3N6OS. The first-order valence-electron chi connectivity index (χ1n) is 7.46. The summed E-state index contributed by atoms with van der Waals surface area (Å²) in [7, 11) is 0. The van der Waals surface area contributed by atoms with Gasteiger partial charge in [0, 0.05) is 17.7 Å². The number of halogens is 3. The molecule has 7 nitrogen and oxygen atoms in total. The van der Waals surface area contributed by atoms with E-state index in [4.69, 9.17) is 0 Å². The Hall–Kier alpha value is -2.95. The largest absolute Gasteiger partial charge is 0.573 e. The number of aromatic amines is 1. The van der Waals surface area contributed by atoms with Crippen LogP contribution >= 0.6 is 11.3 Å². The van der Waals surface area contributed by atoms with Gasteiger partial charge in [-0.3, -0.25) is 5.10 Å². The standard InChI is InChI=1S/C15H11F3N6OS/c1-8-10(7-19-20-8)13-23-24-12(21-22-14(24)26-13)6-9-4-2-3-5-11(9)25-15(16,17)18/h2-5,7H,6H2,1H3,(H,19,20). The number of hydrogen-bond acceptors (Lipinski definition) is 6. The number of hydrogen-bond donors (Lipinski definition) is 1. The van der Waals surface area contributed by atoms with Crippen molar-refractivity contribution in [1.82, 2.24) is 30.0 Å².